The molecule has 2 rings (SSSR count). The summed E-state index contributed by atoms with van der Waals surface area (Å²) in [6.45, 7) is 1.95. The van der Waals surface area contributed by atoms with E-state index in [1.807, 2.05) is 6.07 Å². The highest BCUT2D eigenvalue weighted by molar-refractivity contribution is 7.89. The van der Waals surface area contributed by atoms with E-state index in [4.69, 9.17) is 4.74 Å². The summed E-state index contributed by atoms with van der Waals surface area (Å²) in [6, 6.07) is 5.27. The van der Waals surface area contributed by atoms with Crippen LogP contribution in [0.25, 0.3) is 0 Å². The van der Waals surface area contributed by atoms with Crippen molar-refractivity contribution in [1.82, 2.24) is 4.72 Å². The summed E-state index contributed by atoms with van der Waals surface area (Å²) in [4.78, 5) is 0.269. The molecule has 1 atom stereocenters. The smallest absolute Gasteiger partial charge is 0.240 e. The van der Waals surface area contributed by atoms with Gasteiger partial charge in [0.25, 0.3) is 0 Å². The third-order valence-electron chi connectivity index (χ3n) is 3.87. The Labute approximate surface area is 126 Å². The number of hydrogen-bond acceptors (Lipinski definition) is 4. The van der Waals surface area contributed by atoms with E-state index in [2.05, 4.69) is 4.72 Å². The van der Waals surface area contributed by atoms with Crippen LogP contribution in [0, 0.1) is 0 Å². The van der Waals surface area contributed by atoms with Gasteiger partial charge in [-0.25, -0.2) is 13.1 Å². The SMILES string of the molecule is COCCC(C)(O)CNS(=O)(=O)c1ccc2c(c1)CCC2. The van der Waals surface area contributed by atoms with E-state index in [0.29, 0.717) is 13.0 Å². The Bertz CT molecular complexity index is 596. The Morgan fingerprint density at radius 2 is 2.05 bits per heavy atom. The Balaban J connectivity index is 2.05. The number of hydrogen-bond donors (Lipinski definition) is 2. The number of fused-ring (bicyclic) bond motifs is 1. The Hall–Kier alpha value is -0.950. The molecule has 118 valence electrons. The maximum absolute atomic E-state index is 12.3. The molecule has 21 heavy (non-hydrogen) atoms. The van der Waals surface area contributed by atoms with Crippen LogP contribution in [0.4, 0.5) is 0 Å². The summed E-state index contributed by atoms with van der Waals surface area (Å²) >= 11 is 0. The van der Waals surface area contributed by atoms with Crippen LogP contribution in [-0.4, -0.2) is 39.4 Å². The van der Waals surface area contributed by atoms with Gasteiger partial charge in [-0.2, -0.15) is 0 Å². The second-order valence-corrected chi connectivity index (χ2v) is 7.62. The standard InChI is InChI=1S/C15H23NO4S/c1-15(17,8-9-20-2)11-16-21(18,19)14-7-6-12-4-3-5-13(12)10-14/h6-7,10,16-17H,3-5,8-9,11H2,1-2H3. The molecule has 1 aliphatic carbocycles. The van der Waals surface area contributed by atoms with E-state index < -0.39 is 15.6 Å². The summed E-state index contributed by atoms with van der Waals surface area (Å²) in [7, 11) is -2.04. The highest BCUT2D eigenvalue weighted by Crippen LogP contribution is 2.24. The third-order valence-corrected chi connectivity index (χ3v) is 5.27. The molecule has 0 fully saturated rings. The first-order valence-electron chi connectivity index (χ1n) is 7.17. The van der Waals surface area contributed by atoms with Crippen molar-refractivity contribution in [3.05, 3.63) is 29.3 Å². The van der Waals surface area contributed by atoms with Crippen molar-refractivity contribution < 1.29 is 18.3 Å². The fourth-order valence-corrected chi connectivity index (χ4v) is 3.67. The number of nitrogens with one attached hydrogen (secondary N) is 1. The lowest BCUT2D eigenvalue weighted by molar-refractivity contribution is 0.0292. The van der Waals surface area contributed by atoms with E-state index >= 15 is 0 Å². The molecule has 2 N–H and O–H groups in total. The highest BCUT2D eigenvalue weighted by Gasteiger charge is 2.24. The topological polar surface area (TPSA) is 75.6 Å². The number of aryl methyl sites for hydroxylation is 2. The first kappa shape index (κ1) is 16.4. The molecule has 0 saturated carbocycles. The lowest BCUT2D eigenvalue weighted by atomic mass is 10.0. The molecule has 0 heterocycles. The van der Waals surface area contributed by atoms with Crippen LogP contribution in [0.1, 0.15) is 30.9 Å². The number of benzene rings is 1. The van der Waals surface area contributed by atoms with Gasteiger partial charge in [-0.05, 0) is 49.4 Å². The van der Waals surface area contributed by atoms with Crippen LogP contribution >= 0.6 is 0 Å². The largest absolute Gasteiger partial charge is 0.389 e. The van der Waals surface area contributed by atoms with Gasteiger partial charge in [0.15, 0.2) is 0 Å². The molecular weight excluding hydrogens is 290 g/mol. The predicted octanol–water partition coefficient (Wildman–Crippen LogP) is 1.24. The Morgan fingerprint density at radius 3 is 2.76 bits per heavy atom. The number of sulfonamides is 1. The zero-order valence-electron chi connectivity index (χ0n) is 12.6. The van der Waals surface area contributed by atoms with Crippen molar-refractivity contribution in [3.63, 3.8) is 0 Å². The molecule has 1 aliphatic rings. The number of aliphatic hydroxyl groups is 1. The molecular formula is C15H23NO4S. The van der Waals surface area contributed by atoms with Crippen LogP contribution in [0.3, 0.4) is 0 Å². The van der Waals surface area contributed by atoms with Gasteiger partial charge in [-0.3, -0.25) is 0 Å². The number of rotatable bonds is 7. The number of methoxy groups -OCH3 is 1. The molecule has 6 heteroatoms. The lowest BCUT2D eigenvalue weighted by Gasteiger charge is -2.23. The van der Waals surface area contributed by atoms with Gasteiger partial charge >= 0.3 is 0 Å². The van der Waals surface area contributed by atoms with E-state index in [0.717, 1.165) is 24.8 Å². The first-order valence-corrected chi connectivity index (χ1v) is 8.65. The van der Waals surface area contributed by atoms with E-state index in [9.17, 15) is 13.5 Å². The van der Waals surface area contributed by atoms with Crippen molar-refractivity contribution in [2.45, 2.75) is 43.1 Å². The third kappa shape index (κ3) is 4.26. The van der Waals surface area contributed by atoms with Gasteiger partial charge in [-0.1, -0.05) is 6.07 Å². The molecule has 0 aliphatic heterocycles. The maximum atomic E-state index is 12.3. The van der Waals surface area contributed by atoms with Crippen LogP contribution in [0.15, 0.2) is 23.1 Å². The van der Waals surface area contributed by atoms with Crippen molar-refractivity contribution in [3.8, 4) is 0 Å². The highest BCUT2D eigenvalue weighted by atomic mass is 32.2. The van der Waals surface area contributed by atoms with Gasteiger partial charge in [0.1, 0.15) is 0 Å². The van der Waals surface area contributed by atoms with Gasteiger partial charge in [0.2, 0.25) is 10.0 Å². The fraction of sp³-hybridized carbons (Fsp3) is 0.600. The molecule has 5 nitrogen and oxygen atoms in total. The quantitative estimate of drug-likeness (QED) is 0.794. The monoisotopic (exact) mass is 313 g/mol. The maximum Gasteiger partial charge on any atom is 0.240 e. The molecule has 0 bridgehead atoms. The molecule has 1 aromatic rings. The number of ether oxygens (including phenoxy) is 1. The summed E-state index contributed by atoms with van der Waals surface area (Å²) in [5.41, 5.74) is 1.23. The van der Waals surface area contributed by atoms with Gasteiger partial charge < -0.3 is 9.84 Å². The minimum absolute atomic E-state index is 0.0320. The van der Waals surface area contributed by atoms with Crippen LogP contribution < -0.4 is 4.72 Å². The van der Waals surface area contributed by atoms with Gasteiger partial charge in [-0.15, -0.1) is 0 Å². The van der Waals surface area contributed by atoms with Crippen LogP contribution in [0.5, 0.6) is 0 Å². The van der Waals surface area contributed by atoms with Gasteiger partial charge in [0.05, 0.1) is 10.5 Å². The molecule has 0 radical (unpaired) electrons. The van der Waals surface area contributed by atoms with Crippen LogP contribution in [-0.2, 0) is 27.6 Å². The summed E-state index contributed by atoms with van der Waals surface area (Å²) in [6.07, 6.45) is 3.41. The second kappa shape index (κ2) is 6.44. The molecule has 1 unspecified atom stereocenters. The predicted molar refractivity (Wildman–Crippen MR) is 80.8 cm³/mol. The van der Waals surface area contributed by atoms with E-state index in [1.54, 1.807) is 26.2 Å². The normalized spacial score (nSPS) is 17.5. The first-order chi connectivity index (χ1) is 9.84. The lowest BCUT2D eigenvalue weighted by Crippen LogP contribution is -2.41. The minimum atomic E-state index is -3.59. The average Bonchev–Trinajstić information content (AvgIpc) is 2.91. The van der Waals surface area contributed by atoms with Crippen LogP contribution in [0.2, 0.25) is 0 Å². The van der Waals surface area contributed by atoms with Crippen molar-refractivity contribution in [2.24, 2.45) is 0 Å². The zero-order valence-corrected chi connectivity index (χ0v) is 13.4. The molecule has 0 aromatic heterocycles. The Kier molecular flexibility index (Phi) is 5.03. The van der Waals surface area contributed by atoms with Crippen molar-refractivity contribution >= 4 is 10.0 Å². The van der Waals surface area contributed by atoms with E-state index in [-0.39, 0.29) is 11.4 Å². The van der Waals surface area contributed by atoms with Gasteiger partial charge in [0, 0.05) is 26.7 Å². The fourth-order valence-electron chi connectivity index (χ4n) is 2.46. The van der Waals surface area contributed by atoms with Crippen molar-refractivity contribution in [2.75, 3.05) is 20.3 Å². The second-order valence-electron chi connectivity index (χ2n) is 5.85. The molecule has 0 spiro atoms. The molecule has 1 aromatic carbocycles. The zero-order chi connectivity index (χ0) is 15.5. The summed E-state index contributed by atoms with van der Waals surface area (Å²) in [5.74, 6) is 0. The average molecular weight is 313 g/mol. The molecule has 0 amide bonds. The minimum Gasteiger partial charge on any atom is -0.389 e. The van der Waals surface area contributed by atoms with Crippen molar-refractivity contribution in [1.29, 1.82) is 0 Å². The Morgan fingerprint density at radius 1 is 1.33 bits per heavy atom. The molecule has 0 saturated heterocycles. The summed E-state index contributed by atoms with van der Waals surface area (Å²) in [5, 5.41) is 10.1. The van der Waals surface area contributed by atoms with E-state index in [1.165, 1.54) is 5.56 Å². The summed E-state index contributed by atoms with van der Waals surface area (Å²) < 4.78 is 32.0.